The molecule has 0 atom stereocenters. The van der Waals surface area contributed by atoms with E-state index in [0.717, 1.165) is 16.5 Å². The molecule has 2 rings (SSSR count). The standard InChI is InChI=1S/C12H11BrN2O2/c13-9-4-2-1-3-8(9)5-6-10-11(12(16)17)15-7-14-10/h1-4,7H,5-6H2,(H,14,15)(H,16,17). The van der Waals surface area contributed by atoms with E-state index in [9.17, 15) is 4.79 Å². The van der Waals surface area contributed by atoms with E-state index in [1.165, 1.54) is 6.33 Å². The Morgan fingerprint density at radius 1 is 1.35 bits per heavy atom. The van der Waals surface area contributed by atoms with Crippen molar-refractivity contribution in [1.29, 1.82) is 0 Å². The Labute approximate surface area is 107 Å². The predicted octanol–water partition coefficient (Wildman–Crippen LogP) is 2.66. The van der Waals surface area contributed by atoms with Crippen molar-refractivity contribution < 1.29 is 9.90 Å². The van der Waals surface area contributed by atoms with E-state index in [2.05, 4.69) is 25.9 Å². The van der Waals surface area contributed by atoms with Gasteiger partial charge in [0, 0.05) is 10.2 Å². The Bertz CT molecular complexity index is 537. The number of nitrogens with one attached hydrogen (secondary N) is 1. The fourth-order valence-corrected chi connectivity index (χ4v) is 2.14. The average molecular weight is 295 g/mol. The van der Waals surface area contributed by atoms with Crippen molar-refractivity contribution in [3.63, 3.8) is 0 Å². The number of carboxylic acids is 1. The number of aryl methyl sites for hydroxylation is 2. The van der Waals surface area contributed by atoms with Gasteiger partial charge < -0.3 is 10.1 Å². The number of benzene rings is 1. The predicted molar refractivity (Wildman–Crippen MR) is 67.1 cm³/mol. The summed E-state index contributed by atoms with van der Waals surface area (Å²) in [6.07, 6.45) is 2.81. The monoisotopic (exact) mass is 294 g/mol. The molecule has 4 nitrogen and oxygen atoms in total. The maximum atomic E-state index is 10.9. The molecular formula is C12H11BrN2O2. The van der Waals surface area contributed by atoms with Gasteiger partial charge in [0.05, 0.1) is 6.33 Å². The molecule has 0 unspecified atom stereocenters. The molecule has 88 valence electrons. The molecule has 0 amide bonds. The molecule has 1 aromatic carbocycles. The maximum Gasteiger partial charge on any atom is 0.356 e. The number of aromatic nitrogens is 2. The molecule has 5 heteroatoms. The maximum absolute atomic E-state index is 10.9. The van der Waals surface area contributed by atoms with Gasteiger partial charge in [0.1, 0.15) is 0 Å². The third kappa shape index (κ3) is 2.74. The molecule has 0 bridgehead atoms. The molecule has 1 heterocycles. The lowest BCUT2D eigenvalue weighted by atomic mass is 10.1. The first-order chi connectivity index (χ1) is 8.18. The number of hydrogen-bond acceptors (Lipinski definition) is 2. The molecule has 0 aliphatic heterocycles. The molecule has 1 aromatic heterocycles. The molecule has 2 N–H and O–H groups in total. The number of nitrogens with zero attached hydrogens (tertiary/aromatic N) is 1. The number of aromatic carboxylic acids is 1. The molecule has 0 aliphatic rings. The highest BCUT2D eigenvalue weighted by Crippen LogP contribution is 2.18. The number of aromatic amines is 1. The van der Waals surface area contributed by atoms with Crippen LogP contribution < -0.4 is 0 Å². The lowest BCUT2D eigenvalue weighted by Gasteiger charge is -2.03. The third-order valence-corrected chi connectivity index (χ3v) is 3.30. The molecule has 17 heavy (non-hydrogen) atoms. The SMILES string of the molecule is O=C(O)c1nc[nH]c1CCc1ccccc1Br. The lowest BCUT2D eigenvalue weighted by molar-refractivity contribution is 0.0690. The van der Waals surface area contributed by atoms with Crippen molar-refractivity contribution in [2.45, 2.75) is 12.8 Å². The second-order valence-corrected chi connectivity index (χ2v) is 4.48. The van der Waals surface area contributed by atoms with E-state index in [0.29, 0.717) is 12.1 Å². The number of imidazole rings is 1. The van der Waals surface area contributed by atoms with Crippen LogP contribution in [0.15, 0.2) is 35.1 Å². The van der Waals surface area contributed by atoms with Gasteiger partial charge in [-0.15, -0.1) is 0 Å². The fraction of sp³-hybridized carbons (Fsp3) is 0.167. The van der Waals surface area contributed by atoms with Crippen molar-refractivity contribution in [1.82, 2.24) is 9.97 Å². The largest absolute Gasteiger partial charge is 0.476 e. The fourth-order valence-electron chi connectivity index (χ4n) is 1.66. The van der Waals surface area contributed by atoms with Gasteiger partial charge in [-0.25, -0.2) is 9.78 Å². The summed E-state index contributed by atoms with van der Waals surface area (Å²) in [6, 6.07) is 7.90. The Morgan fingerprint density at radius 2 is 2.12 bits per heavy atom. The van der Waals surface area contributed by atoms with Crippen LogP contribution >= 0.6 is 15.9 Å². The van der Waals surface area contributed by atoms with Gasteiger partial charge in [0.25, 0.3) is 0 Å². The van der Waals surface area contributed by atoms with Crippen molar-refractivity contribution in [2.24, 2.45) is 0 Å². The quantitative estimate of drug-likeness (QED) is 0.911. The van der Waals surface area contributed by atoms with Crippen LogP contribution in [-0.4, -0.2) is 21.0 Å². The highest BCUT2D eigenvalue weighted by molar-refractivity contribution is 9.10. The molecule has 0 fully saturated rings. The summed E-state index contributed by atoms with van der Waals surface area (Å²) in [5, 5.41) is 8.91. The normalized spacial score (nSPS) is 10.4. The van der Waals surface area contributed by atoms with Gasteiger partial charge >= 0.3 is 5.97 Å². The first kappa shape index (κ1) is 11.9. The number of rotatable bonds is 4. The first-order valence-corrected chi connectivity index (χ1v) is 5.96. The van der Waals surface area contributed by atoms with Crippen LogP contribution in [0.4, 0.5) is 0 Å². The van der Waals surface area contributed by atoms with Crippen LogP contribution in [0.5, 0.6) is 0 Å². The van der Waals surface area contributed by atoms with Gasteiger partial charge in [-0.1, -0.05) is 34.1 Å². The summed E-state index contributed by atoms with van der Waals surface area (Å²) in [4.78, 5) is 17.5. The van der Waals surface area contributed by atoms with Crippen LogP contribution in [0.2, 0.25) is 0 Å². The Balaban J connectivity index is 2.10. The van der Waals surface area contributed by atoms with Gasteiger partial charge in [0.2, 0.25) is 0 Å². The number of halogens is 1. The minimum absolute atomic E-state index is 0.108. The van der Waals surface area contributed by atoms with Crippen LogP contribution in [-0.2, 0) is 12.8 Å². The number of carboxylic acid groups (broad SMARTS) is 1. The third-order valence-electron chi connectivity index (χ3n) is 2.52. The summed E-state index contributed by atoms with van der Waals surface area (Å²) in [5.74, 6) is -0.992. The molecule has 0 radical (unpaired) electrons. The minimum atomic E-state index is -0.992. The zero-order valence-electron chi connectivity index (χ0n) is 8.98. The Kier molecular flexibility index (Phi) is 3.58. The van der Waals surface area contributed by atoms with Crippen molar-refractivity contribution in [3.05, 3.63) is 52.0 Å². The van der Waals surface area contributed by atoms with E-state index in [1.807, 2.05) is 24.3 Å². The van der Waals surface area contributed by atoms with Crippen LogP contribution in [0.1, 0.15) is 21.7 Å². The smallest absolute Gasteiger partial charge is 0.356 e. The summed E-state index contributed by atoms with van der Waals surface area (Å²) in [7, 11) is 0. The second-order valence-electron chi connectivity index (χ2n) is 3.63. The van der Waals surface area contributed by atoms with E-state index < -0.39 is 5.97 Å². The van der Waals surface area contributed by atoms with Crippen molar-refractivity contribution in [3.8, 4) is 0 Å². The summed E-state index contributed by atoms with van der Waals surface area (Å²) in [6.45, 7) is 0. The second kappa shape index (κ2) is 5.14. The summed E-state index contributed by atoms with van der Waals surface area (Å²) in [5.41, 5.74) is 1.92. The topological polar surface area (TPSA) is 66.0 Å². The van der Waals surface area contributed by atoms with Gasteiger partial charge in [-0.2, -0.15) is 0 Å². The zero-order chi connectivity index (χ0) is 12.3. The molecule has 0 saturated carbocycles. The first-order valence-electron chi connectivity index (χ1n) is 5.17. The molecular weight excluding hydrogens is 284 g/mol. The Morgan fingerprint density at radius 3 is 2.82 bits per heavy atom. The minimum Gasteiger partial charge on any atom is -0.476 e. The zero-order valence-corrected chi connectivity index (χ0v) is 10.6. The highest BCUT2D eigenvalue weighted by atomic mass is 79.9. The highest BCUT2D eigenvalue weighted by Gasteiger charge is 2.12. The van der Waals surface area contributed by atoms with Crippen LogP contribution in [0, 0.1) is 0 Å². The molecule has 2 aromatic rings. The lowest BCUT2D eigenvalue weighted by Crippen LogP contribution is -2.03. The van der Waals surface area contributed by atoms with Crippen LogP contribution in [0.25, 0.3) is 0 Å². The molecule has 0 aliphatic carbocycles. The molecule has 0 saturated heterocycles. The van der Waals surface area contributed by atoms with Crippen molar-refractivity contribution >= 4 is 21.9 Å². The Hall–Kier alpha value is -1.62. The van der Waals surface area contributed by atoms with Gasteiger partial charge in [0.15, 0.2) is 5.69 Å². The van der Waals surface area contributed by atoms with Crippen LogP contribution in [0.3, 0.4) is 0 Å². The summed E-state index contributed by atoms with van der Waals surface area (Å²) < 4.78 is 1.04. The number of hydrogen-bond donors (Lipinski definition) is 2. The number of H-pyrrole nitrogens is 1. The average Bonchev–Trinajstić information content (AvgIpc) is 2.76. The molecule has 0 spiro atoms. The van der Waals surface area contributed by atoms with E-state index in [4.69, 9.17) is 5.11 Å². The van der Waals surface area contributed by atoms with Gasteiger partial charge in [-0.05, 0) is 24.5 Å². The van der Waals surface area contributed by atoms with E-state index in [1.54, 1.807) is 0 Å². The van der Waals surface area contributed by atoms with E-state index in [-0.39, 0.29) is 5.69 Å². The van der Waals surface area contributed by atoms with E-state index >= 15 is 0 Å². The van der Waals surface area contributed by atoms with Gasteiger partial charge in [-0.3, -0.25) is 0 Å². The number of carbonyl (C=O) groups is 1. The summed E-state index contributed by atoms with van der Waals surface area (Å²) >= 11 is 3.47. The van der Waals surface area contributed by atoms with Crippen molar-refractivity contribution in [2.75, 3.05) is 0 Å².